The molecule has 7 nitrogen and oxygen atoms in total. The number of nitrogens with zero attached hydrogens (tertiary/aromatic N) is 3. The summed E-state index contributed by atoms with van der Waals surface area (Å²) >= 11 is 12.8. The van der Waals surface area contributed by atoms with Crippen LogP contribution in [0.5, 0.6) is 0 Å². The van der Waals surface area contributed by atoms with E-state index in [0.717, 1.165) is 17.8 Å². The molecule has 0 saturated carbocycles. The first kappa shape index (κ1) is 22.6. The van der Waals surface area contributed by atoms with Gasteiger partial charge in [0.15, 0.2) is 5.17 Å². The maximum atomic E-state index is 13.5. The molecule has 0 unspecified atom stereocenters. The van der Waals surface area contributed by atoms with Gasteiger partial charge in [-0.3, -0.25) is 0 Å². The molecule has 0 radical (unpaired) electrons. The van der Waals surface area contributed by atoms with Crippen molar-refractivity contribution in [1.82, 2.24) is 3.71 Å². The Kier molecular flexibility index (Phi) is 5.96. The summed E-state index contributed by atoms with van der Waals surface area (Å²) in [4.78, 5) is 3.81. The predicted octanol–water partition coefficient (Wildman–Crippen LogP) is 5.04. The monoisotopic (exact) mass is 523 g/mol. The van der Waals surface area contributed by atoms with E-state index < -0.39 is 20.0 Å². The summed E-state index contributed by atoms with van der Waals surface area (Å²) in [5.74, 6) is 0. The number of hydrogen-bond acceptors (Lipinski definition) is 7. The number of benzene rings is 3. The van der Waals surface area contributed by atoms with Crippen LogP contribution in [0.15, 0.2) is 86.4 Å². The van der Waals surface area contributed by atoms with E-state index in [0.29, 0.717) is 5.69 Å². The molecule has 3 aromatic carbocycles. The quantitative estimate of drug-likeness (QED) is 0.475. The van der Waals surface area contributed by atoms with Gasteiger partial charge in [0.25, 0.3) is 20.0 Å². The zero-order valence-electron chi connectivity index (χ0n) is 15.8. The van der Waals surface area contributed by atoms with Crippen LogP contribution in [0.2, 0.25) is 10.0 Å². The third-order valence-corrected chi connectivity index (χ3v) is 10.4. The third-order valence-electron chi connectivity index (χ3n) is 4.32. The van der Waals surface area contributed by atoms with Crippen molar-refractivity contribution in [3.8, 4) is 6.07 Å². The average Bonchev–Trinajstić information content (AvgIpc) is 2.74. The molecular formula is C20H11Cl2N3O4S3. The predicted molar refractivity (Wildman–Crippen MR) is 123 cm³/mol. The molecule has 3 aromatic rings. The molecule has 0 saturated heterocycles. The Hall–Kier alpha value is -2.55. The fourth-order valence-corrected chi connectivity index (χ4v) is 8.70. The van der Waals surface area contributed by atoms with Crippen molar-refractivity contribution >= 4 is 65.9 Å². The zero-order chi connectivity index (χ0) is 23.1. The van der Waals surface area contributed by atoms with E-state index in [2.05, 4.69) is 4.99 Å². The van der Waals surface area contributed by atoms with Crippen LogP contribution in [0.25, 0.3) is 0 Å². The van der Waals surface area contributed by atoms with Crippen LogP contribution in [-0.2, 0) is 20.0 Å². The van der Waals surface area contributed by atoms with Crippen LogP contribution in [0.1, 0.15) is 5.56 Å². The number of fused-ring (bicyclic) bond motifs is 1. The lowest BCUT2D eigenvalue weighted by molar-refractivity contribution is 0.545. The highest BCUT2D eigenvalue weighted by molar-refractivity contribution is 8.19. The summed E-state index contributed by atoms with van der Waals surface area (Å²) in [6.45, 7) is 0. The fraction of sp³-hybridized carbons (Fsp3) is 0. The lowest BCUT2D eigenvalue weighted by Crippen LogP contribution is -2.42. The molecule has 0 aliphatic carbocycles. The van der Waals surface area contributed by atoms with Crippen LogP contribution >= 0.6 is 35.0 Å². The minimum Gasteiger partial charge on any atom is -0.223 e. The normalized spacial score (nSPS) is 16.4. The molecule has 0 aromatic heterocycles. The fourth-order valence-electron chi connectivity index (χ4n) is 2.84. The Morgan fingerprint density at radius 1 is 1.00 bits per heavy atom. The molecule has 1 aliphatic rings. The van der Waals surface area contributed by atoms with E-state index in [1.54, 1.807) is 30.3 Å². The summed E-state index contributed by atoms with van der Waals surface area (Å²) < 4.78 is 54.3. The van der Waals surface area contributed by atoms with Gasteiger partial charge in [0.05, 0.1) is 21.2 Å². The Morgan fingerprint density at radius 2 is 1.66 bits per heavy atom. The number of amidine groups is 1. The number of sulfonamides is 2. The van der Waals surface area contributed by atoms with Crippen molar-refractivity contribution < 1.29 is 16.8 Å². The maximum Gasteiger partial charge on any atom is 0.280 e. The molecule has 0 N–H and O–H groups in total. The van der Waals surface area contributed by atoms with Crippen molar-refractivity contribution in [1.29, 1.82) is 5.26 Å². The number of para-hydroxylation sites is 1. The van der Waals surface area contributed by atoms with Gasteiger partial charge in [0.1, 0.15) is 11.0 Å². The number of halogens is 2. The van der Waals surface area contributed by atoms with E-state index >= 15 is 0 Å². The molecule has 1 aliphatic heterocycles. The Morgan fingerprint density at radius 3 is 2.28 bits per heavy atom. The Bertz CT molecular complexity index is 1500. The smallest absolute Gasteiger partial charge is 0.223 e. The zero-order valence-corrected chi connectivity index (χ0v) is 19.8. The highest BCUT2D eigenvalue weighted by Crippen LogP contribution is 2.43. The van der Waals surface area contributed by atoms with Gasteiger partial charge in [-0.25, -0.2) is 4.99 Å². The van der Waals surface area contributed by atoms with E-state index in [4.69, 9.17) is 23.2 Å². The average molecular weight is 524 g/mol. The van der Waals surface area contributed by atoms with Crippen molar-refractivity contribution in [2.75, 3.05) is 0 Å². The van der Waals surface area contributed by atoms with Gasteiger partial charge in [0.2, 0.25) is 0 Å². The Balaban J connectivity index is 2.00. The largest absolute Gasteiger partial charge is 0.280 e. The second-order valence-electron chi connectivity index (χ2n) is 6.38. The first-order valence-corrected chi connectivity index (χ1v) is 13.2. The summed E-state index contributed by atoms with van der Waals surface area (Å²) in [6.07, 6.45) is 0. The van der Waals surface area contributed by atoms with E-state index in [1.807, 2.05) is 6.07 Å². The van der Waals surface area contributed by atoms with Crippen LogP contribution < -0.4 is 0 Å². The highest BCUT2D eigenvalue weighted by Gasteiger charge is 2.45. The standard InChI is InChI=1S/C20H11Cl2N3O4S3/c21-14-6-8-16(9-7-14)31(26,27)25-20(24-15-4-2-1-3-5-15)30-18-11-17(22)13(12-23)10-19(18)32(25,28)29/h1-11H. The van der Waals surface area contributed by atoms with Crippen LogP contribution in [0.4, 0.5) is 5.69 Å². The summed E-state index contributed by atoms with van der Waals surface area (Å²) in [5, 5.41) is 9.29. The molecule has 0 atom stereocenters. The molecule has 0 bridgehead atoms. The van der Waals surface area contributed by atoms with Crippen molar-refractivity contribution in [3.05, 3.63) is 82.3 Å². The first-order chi connectivity index (χ1) is 15.1. The Labute approximate surface area is 199 Å². The van der Waals surface area contributed by atoms with Crippen molar-refractivity contribution in [2.45, 2.75) is 14.7 Å². The summed E-state index contributed by atoms with van der Waals surface area (Å²) in [5.41, 5.74) is 0.256. The topological polar surface area (TPSA) is 108 Å². The number of hydrogen-bond donors (Lipinski definition) is 0. The number of aliphatic imine (C=N–C) groups is 1. The van der Waals surface area contributed by atoms with E-state index in [1.165, 1.54) is 30.3 Å². The van der Waals surface area contributed by atoms with Gasteiger partial charge in [-0.1, -0.05) is 41.4 Å². The third kappa shape index (κ3) is 3.98. The number of nitriles is 1. The molecule has 12 heteroatoms. The van der Waals surface area contributed by atoms with E-state index in [9.17, 15) is 22.1 Å². The minimum atomic E-state index is -4.67. The van der Waals surface area contributed by atoms with Gasteiger partial charge in [-0.2, -0.15) is 22.1 Å². The van der Waals surface area contributed by atoms with Crippen LogP contribution in [-0.4, -0.2) is 25.7 Å². The lowest BCUT2D eigenvalue weighted by Gasteiger charge is -2.29. The molecule has 0 spiro atoms. The summed E-state index contributed by atoms with van der Waals surface area (Å²) in [6, 6.07) is 17.6. The molecule has 0 fully saturated rings. The molecule has 32 heavy (non-hydrogen) atoms. The van der Waals surface area contributed by atoms with Gasteiger partial charge in [-0.15, -0.1) is 3.71 Å². The molecule has 4 rings (SSSR count). The maximum absolute atomic E-state index is 13.5. The molecule has 0 amide bonds. The SMILES string of the molecule is N#Cc1cc2c(cc1Cl)SC(=Nc1ccccc1)N(S(=O)(=O)c1ccc(Cl)cc1)S2(=O)=O. The van der Waals surface area contributed by atoms with Gasteiger partial charge >= 0.3 is 0 Å². The second-order valence-corrected chi connectivity index (χ2v) is 12.0. The molecule has 1 heterocycles. The first-order valence-electron chi connectivity index (χ1n) is 8.76. The summed E-state index contributed by atoms with van der Waals surface area (Å²) in [7, 11) is -9.28. The van der Waals surface area contributed by atoms with Crippen molar-refractivity contribution in [3.63, 3.8) is 0 Å². The van der Waals surface area contributed by atoms with Crippen molar-refractivity contribution in [2.24, 2.45) is 4.99 Å². The molecule has 162 valence electrons. The van der Waals surface area contributed by atoms with Gasteiger partial charge in [-0.05, 0) is 60.3 Å². The molecular weight excluding hydrogens is 513 g/mol. The van der Waals surface area contributed by atoms with Crippen LogP contribution in [0, 0.1) is 11.3 Å². The minimum absolute atomic E-state index is 0.0435. The van der Waals surface area contributed by atoms with Crippen LogP contribution in [0.3, 0.4) is 0 Å². The highest BCUT2D eigenvalue weighted by atomic mass is 35.5. The lowest BCUT2D eigenvalue weighted by atomic mass is 10.2. The second kappa shape index (κ2) is 8.42. The van der Waals surface area contributed by atoms with Gasteiger partial charge < -0.3 is 0 Å². The number of thioether (sulfide) groups is 1. The van der Waals surface area contributed by atoms with E-state index in [-0.39, 0.29) is 39.2 Å². The van der Waals surface area contributed by atoms with Gasteiger partial charge in [0, 0.05) is 9.92 Å². The number of rotatable bonds is 3.